The van der Waals surface area contributed by atoms with Gasteiger partial charge in [-0.2, -0.15) is 0 Å². The van der Waals surface area contributed by atoms with Crippen LogP contribution in [0.25, 0.3) is 0 Å². The lowest BCUT2D eigenvalue weighted by Gasteiger charge is -2.30. The van der Waals surface area contributed by atoms with Crippen LogP contribution in [0.3, 0.4) is 0 Å². The average molecular weight is 212 g/mol. The lowest BCUT2D eigenvalue weighted by Crippen LogP contribution is -2.31. The summed E-state index contributed by atoms with van der Waals surface area (Å²) < 4.78 is 5.24. The van der Waals surface area contributed by atoms with Gasteiger partial charge in [-0.25, -0.2) is 0 Å². The molecular weight excluding hydrogens is 192 g/mol. The maximum atomic E-state index is 11.1. The van der Waals surface area contributed by atoms with Crippen molar-refractivity contribution < 1.29 is 14.3 Å². The molecule has 1 saturated carbocycles. The Morgan fingerprint density at radius 1 is 1.40 bits per heavy atom. The van der Waals surface area contributed by atoms with Crippen molar-refractivity contribution in [2.24, 2.45) is 5.92 Å². The summed E-state index contributed by atoms with van der Waals surface area (Å²) in [5.41, 5.74) is -0.392. The topological polar surface area (TPSA) is 43.4 Å². The fraction of sp³-hybridized carbons (Fsp3) is 0.833. The van der Waals surface area contributed by atoms with Gasteiger partial charge in [0.25, 0.3) is 0 Å². The Labute approximate surface area is 91.2 Å². The van der Waals surface area contributed by atoms with E-state index >= 15 is 0 Å². The Bertz CT molecular complexity index is 246. The van der Waals surface area contributed by atoms with Crippen molar-refractivity contribution in [1.82, 2.24) is 0 Å². The van der Waals surface area contributed by atoms with Crippen molar-refractivity contribution >= 4 is 11.8 Å². The molecule has 1 aliphatic rings. The second kappa shape index (κ2) is 4.77. The summed E-state index contributed by atoms with van der Waals surface area (Å²) in [6, 6.07) is 0. The average Bonchev–Trinajstić information content (AvgIpc) is 2.06. The van der Waals surface area contributed by atoms with Gasteiger partial charge < -0.3 is 4.74 Å². The highest BCUT2D eigenvalue weighted by Crippen LogP contribution is 2.30. The first kappa shape index (κ1) is 12.2. The molecule has 1 aliphatic carbocycles. The van der Waals surface area contributed by atoms with Crippen LogP contribution in [-0.2, 0) is 14.3 Å². The van der Waals surface area contributed by atoms with Crippen molar-refractivity contribution in [2.45, 2.75) is 58.5 Å². The van der Waals surface area contributed by atoms with Crippen molar-refractivity contribution in [2.75, 3.05) is 0 Å². The van der Waals surface area contributed by atoms with Gasteiger partial charge in [-0.05, 0) is 39.0 Å². The van der Waals surface area contributed by atoms with Crippen LogP contribution in [0.5, 0.6) is 0 Å². The zero-order valence-corrected chi connectivity index (χ0v) is 9.84. The summed E-state index contributed by atoms with van der Waals surface area (Å²) in [5.74, 6) is 0.667. The molecule has 0 aromatic rings. The number of hydrogen-bond acceptors (Lipinski definition) is 3. The number of Topliss-reactive ketones (excluding diaryl/α,β-unsaturated/α-hetero) is 1. The quantitative estimate of drug-likeness (QED) is 0.675. The smallest absolute Gasteiger partial charge is 0.303 e. The van der Waals surface area contributed by atoms with Gasteiger partial charge in [-0.15, -0.1) is 0 Å². The van der Waals surface area contributed by atoms with Crippen LogP contribution in [0, 0.1) is 5.92 Å². The lowest BCUT2D eigenvalue weighted by molar-refractivity contribution is -0.155. The highest BCUT2D eigenvalue weighted by Gasteiger charge is 2.28. The van der Waals surface area contributed by atoms with Crippen molar-refractivity contribution in [1.29, 1.82) is 0 Å². The number of carbonyl (C=O) groups excluding carboxylic acids is 2. The van der Waals surface area contributed by atoms with Gasteiger partial charge in [0.2, 0.25) is 0 Å². The van der Waals surface area contributed by atoms with E-state index in [2.05, 4.69) is 0 Å². The number of ketones is 1. The van der Waals surface area contributed by atoms with Gasteiger partial charge in [-0.3, -0.25) is 9.59 Å². The molecule has 0 unspecified atom stereocenters. The van der Waals surface area contributed by atoms with E-state index in [0.29, 0.717) is 24.5 Å². The normalized spacial score (nSPS) is 19.0. The Kier molecular flexibility index (Phi) is 3.89. The molecule has 0 radical (unpaired) electrons. The Morgan fingerprint density at radius 2 is 1.93 bits per heavy atom. The van der Waals surface area contributed by atoms with Crippen LogP contribution in [0.4, 0.5) is 0 Å². The molecule has 1 fully saturated rings. The van der Waals surface area contributed by atoms with E-state index in [0.717, 1.165) is 19.3 Å². The highest BCUT2D eigenvalue weighted by molar-refractivity contribution is 5.79. The van der Waals surface area contributed by atoms with E-state index in [-0.39, 0.29) is 5.97 Å². The third-order valence-corrected chi connectivity index (χ3v) is 2.86. The molecule has 0 aromatic heterocycles. The highest BCUT2D eigenvalue weighted by atomic mass is 16.6. The Morgan fingerprint density at radius 3 is 2.40 bits per heavy atom. The number of rotatable bonds is 3. The monoisotopic (exact) mass is 212 g/mol. The van der Waals surface area contributed by atoms with E-state index in [9.17, 15) is 9.59 Å². The molecular formula is C12H20O3. The Balaban J connectivity index is 2.39. The van der Waals surface area contributed by atoms with Gasteiger partial charge in [0.1, 0.15) is 11.4 Å². The number of esters is 1. The molecule has 0 bridgehead atoms. The van der Waals surface area contributed by atoms with Gasteiger partial charge in [0, 0.05) is 19.8 Å². The second-order valence-electron chi connectivity index (χ2n) is 5.04. The standard InChI is InChI=1S/C12H20O3/c1-9(13)15-12(2,3)8-10-4-6-11(14)7-5-10/h10H,4-8H2,1-3H3. The van der Waals surface area contributed by atoms with Crippen LogP contribution in [0.1, 0.15) is 52.9 Å². The SMILES string of the molecule is CC(=O)OC(C)(C)CC1CCC(=O)CC1. The number of hydrogen-bond donors (Lipinski definition) is 0. The predicted molar refractivity (Wildman–Crippen MR) is 57.4 cm³/mol. The maximum Gasteiger partial charge on any atom is 0.303 e. The second-order valence-corrected chi connectivity index (χ2v) is 5.04. The largest absolute Gasteiger partial charge is 0.460 e. The molecule has 0 saturated heterocycles. The van der Waals surface area contributed by atoms with Crippen molar-refractivity contribution in [3.63, 3.8) is 0 Å². The molecule has 0 atom stereocenters. The van der Waals surface area contributed by atoms with Crippen LogP contribution in [0.2, 0.25) is 0 Å². The molecule has 0 amide bonds. The Hall–Kier alpha value is -0.860. The minimum atomic E-state index is -0.392. The summed E-state index contributed by atoms with van der Waals surface area (Å²) in [6.45, 7) is 5.31. The number of ether oxygens (including phenoxy) is 1. The predicted octanol–water partition coefficient (Wildman–Crippen LogP) is 2.48. The summed E-state index contributed by atoms with van der Waals surface area (Å²) in [7, 11) is 0. The molecule has 1 rings (SSSR count). The third kappa shape index (κ3) is 4.45. The fourth-order valence-electron chi connectivity index (χ4n) is 2.33. The van der Waals surface area contributed by atoms with Gasteiger partial charge in [0.05, 0.1) is 0 Å². The molecule has 0 N–H and O–H groups in total. The lowest BCUT2D eigenvalue weighted by atomic mass is 9.81. The zero-order chi connectivity index (χ0) is 11.5. The van der Waals surface area contributed by atoms with Gasteiger partial charge in [0.15, 0.2) is 0 Å². The van der Waals surface area contributed by atoms with E-state index in [1.807, 2.05) is 13.8 Å². The fourth-order valence-corrected chi connectivity index (χ4v) is 2.33. The first-order valence-corrected chi connectivity index (χ1v) is 5.60. The van der Waals surface area contributed by atoms with Gasteiger partial charge >= 0.3 is 5.97 Å². The molecule has 86 valence electrons. The van der Waals surface area contributed by atoms with E-state index in [1.54, 1.807) is 0 Å². The van der Waals surface area contributed by atoms with Crippen LogP contribution >= 0.6 is 0 Å². The summed E-state index contributed by atoms with van der Waals surface area (Å²) in [6.07, 6.45) is 4.15. The maximum absolute atomic E-state index is 11.1. The third-order valence-electron chi connectivity index (χ3n) is 2.86. The zero-order valence-electron chi connectivity index (χ0n) is 9.84. The first-order chi connectivity index (χ1) is 6.89. The minimum absolute atomic E-state index is 0.230. The van der Waals surface area contributed by atoms with Crippen LogP contribution < -0.4 is 0 Å². The van der Waals surface area contributed by atoms with Gasteiger partial charge in [-0.1, -0.05) is 0 Å². The summed E-state index contributed by atoms with van der Waals surface area (Å²) in [4.78, 5) is 21.9. The minimum Gasteiger partial charge on any atom is -0.460 e. The molecule has 3 heteroatoms. The molecule has 15 heavy (non-hydrogen) atoms. The summed E-state index contributed by atoms with van der Waals surface area (Å²) >= 11 is 0. The molecule has 0 spiro atoms. The van der Waals surface area contributed by atoms with E-state index in [4.69, 9.17) is 4.74 Å². The van der Waals surface area contributed by atoms with E-state index in [1.165, 1.54) is 6.92 Å². The van der Waals surface area contributed by atoms with E-state index < -0.39 is 5.60 Å². The van der Waals surface area contributed by atoms with Crippen molar-refractivity contribution in [3.8, 4) is 0 Å². The molecule has 0 aromatic carbocycles. The van der Waals surface area contributed by atoms with Crippen LogP contribution in [-0.4, -0.2) is 17.4 Å². The van der Waals surface area contributed by atoms with Crippen molar-refractivity contribution in [3.05, 3.63) is 0 Å². The molecule has 3 nitrogen and oxygen atoms in total. The number of carbonyl (C=O) groups is 2. The first-order valence-electron chi connectivity index (χ1n) is 5.60. The van der Waals surface area contributed by atoms with Crippen LogP contribution in [0.15, 0.2) is 0 Å². The summed E-state index contributed by atoms with van der Waals surface area (Å²) in [5, 5.41) is 0. The molecule has 0 aliphatic heterocycles. The molecule has 0 heterocycles.